The number of aliphatic imine (C=N–C) groups is 2. The number of rotatable bonds is 5. The molecule has 0 radical (unpaired) electrons. The van der Waals surface area contributed by atoms with Crippen molar-refractivity contribution in [3.05, 3.63) is 73.5 Å². The molecule has 6 bridgehead atoms. The molecule has 2 atom stereocenters. The molecule has 9 heteroatoms. The molecular formula is C34H34ClInN4O3. The summed E-state index contributed by atoms with van der Waals surface area (Å²) in [7, 11) is 9.30. The van der Waals surface area contributed by atoms with Crippen LogP contribution in [0.15, 0.2) is 39.1 Å². The molecule has 0 saturated heterocycles. The molecule has 2 aromatic rings. The molecule has 0 amide bonds. The fourth-order valence-corrected chi connectivity index (χ4v) is 16.7. The van der Waals surface area contributed by atoms with E-state index in [1.807, 2.05) is 13.0 Å². The van der Waals surface area contributed by atoms with Crippen LogP contribution in [0.3, 0.4) is 0 Å². The number of ketones is 1. The molecule has 7 nitrogen and oxygen atoms in total. The quantitative estimate of drug-likeness (QED) is 0.402. The second-order valence-corrected chi connectivity index (χ2v) is 19.4. The third-order valence-electron chi connectivity index (χ3n) is 10.1. The van der Waals surface area contributed by atoms with Crippen LogP contribution in [0, 0.1) is 25.7 Å². The van der Waals surface area contributed by atoms with E-state index in [9.17, 15) is 9.59 Å². The number of methoxy groups -OCH3 is 1. The van der Waals surface area contributed by atoms with Crippen molar-refractivity contribution in [1.29, 1.82) is 0 Å². The number of Topliss-reactive ketones (excluding diaryl/α,β-unsaturated/α-hetero) is 1. The molecule has 1 aliphatic carbocycles. The molecule has 6 heterocycles. The Bertz CT molecular complexity index is 2000. The first kappa shape index (κ1) is 28.7. The van der Waals surface area contributed by atoms with Crippen molar-refractivity contribution in [3.8, 4) is 0 Å². The summed E-state index contributed by atoms with van der Waals surface area (Å²) in [5, 5.41) is 2.05. The van der Waals surface area contributed by atoms with Crippen LogP contribution in [-0.4, -0.2) is 56.2 Å². The van der Waals surface area contributed by atoms with Crippen molar-refractivity contribution in [2.24, 2.45) is 21.8 Å². The molecule has 0 fully saturated rings. The number of esters is 1. The average Bonchev–Trinajstić information content (AvgIpc) is 3.72. The van der Waals surface area contributed by atoms with Gasteiger partial charge in [0.05, 0.1) is 0 Å². The number of hydrogen-bond donors (Lipinski definition) is 0. The molecule has 0 N–H and O–H groups in total. The van der Waals surface area contributed by atoms with Gasteiger partial charge in [0.15, 0.2) is 0 Å². The topological polar surface area (TPSA) is 77.9 Å². The molecule has 4 aliphatic heterocycles. The Hall–Kier alpha value is -3.10. The molecular weight excluding hydrogens is 663 g/mol. The monoisotopic (exact) mass is 696 g/mol. The van der Waals surface area contributed by atoms with E-state index in [1.54, 1.807) is 0 Å². The molecule has 0 aromatic carbocycles. The summed E-state index contributed by atoms with van der Waals surface area (Å²) in [6.45, 7) is 14.9. The van der Waals surface area contributed by atoms with E-state index in [0.717, 1.165) is 79.2 Å². The molecule has 2 aromatic heterocycles. The summed E-state index contributed by atoms with van der Waals surface area (Å²) < 4.78 is 9.69. The van der Waals surface area contributed by atoms with Crippen molar-refractivity contribution in [2.45, 2.75) is 60.3 Å². The fraction of sp³-hybridized carbons (Fsp3) is 0.353. The Labute approximate surface area is 263 Å². The zero-order valence-corrected chi connectivity index (χ0v) is 29.5. The average molecular weight is 697 g/mol. The summed E-state index contributed by atoms with van der Waals surface area (Å²) in [5.41, 5.74) is 12.8. The van der Waals surface area contributed by atoms with E-state index in [0.29, 0.717) is 19.3 Å². The number of hydrogen-bond acceptors (Lipinski definition) is 5. The molecule has 218 valence electrons. The van der Waals surface area contributed by atoms with Crippen LogP contribution in [0.1, 0.15) is 84.9 Å². The first-order valence-corrected chi connectivity index (χ1v) is 22.1. The van der Waals surface area contributed by atoms with Gasteiger partial charge in [0, 0.05) is 0 Å². The number of ether oxygens (including phenoxy) is 1. The van der Waals surface area contributed by atoms with Crippen LogP contribution in [0.2, 0.25) is 0 Å². The molecule has 0 unspecified atom stereocenters. The molecule has 0 saturated carbocycles. The predicted octanol–water partition coefficient (Wildman–Crippen LogP) is 5.24. The number of carbonyl (C=O) groups is 2. The van der Waals surface area contributed by atoms with Crippen LogP contribution < -0.4 is 10.7 Å². The van der Waals surface area contributed by atoms with E-state index in [4.69, 9.17) is 23.3 Å². The summed E-state index contributed by atoms with van der Waals surface area (Å²) in [6, 6.07) is 0. The van der Waals surface area contributed by atoms with Gasteiger partial charge in [-0.1, -0.05) is 0 Å². The maximum atomic E-state index is 13.9. The van der Waals surface area contributed by atoms with E-state index in [1.165, 1.54) is 18.3 Å². The Balaban J connectivity index is 1.67. The fourth-order valence-electron chi connectivity index (χ4n) is 7.72. The maximum absolute atomic E-state index is 13.9. The SMILES string of the molecule is C=Cc1c(C)c2[n]3c1=CC1=NC(=Cc4c(C)c5c([n]4[In]3[Cl])C(=C3N=C(C=2)[C@@H](C)[C@@H]3CCC(=O)OC)CC5=O)C(CC)=C1C. The van der Waals surface area contributed by atoms with Gasteiger partial charge < -0.3 is 0 Å². The second kappa shape index (κ2) is 10.2. The van der Waals surface area contributed by atoms with Gasteiger partial charge in [0.2, 0.25) is 0 Å². The zero-order valence-electron chi connectivity index (χ0n) is 25.5. The van der Waals surface area contributed by atoms with Crippen molar-refractivity contribution in [1.82, 2.24) is 5.11 Å². The first-order chi connectivity index (χ1) is 20.6. The predicted molar refractivity (Wildman–Crippen MR) is 175 cm³/mol. The minimum absolute atomic E-state index is 0.0187. The van der Waals surface area contributed by atoms with Crippen LogP contribution in [0.5, 0.6) is 0 Å². The first-order valence-electron chi connectivity index (χ1n) is 15.0. The Kier molecular flexibility index (Phi) is 6.82. The van der Waals surface area contributed by atoms with Crippen LogP contribution >= 0.6 is 8.58 Å². The standard InChI is InChI=1S/C34H35N4O3.ClH.In/c1-8-20-16(3)24-13-26-18(5)22(10-11-31(40)41-7)33(37-26)23-12-30(39)32-19(6)27(38-34(23)32)15-29-21(9-2)17(4)25(36-29)14-28(20)35-24;;/h8,13-15,18,22H,1,9-12H2,2-7H3,(H-,35,36,37,38,39);1H;/q-1;;+3/p-2/t18-,22-;;/m0../s1. The van der Waals surface area contributed by atoms with Crippen molar-refractivity contribution < 1.29 is 14.3 Å². The van der Waals surface area contributed by atoms with E-state index < -0.39 is 20.8 Å². The van der Waals surface area contributed by atoms with E-state index >= 15 is 0 Å². The van der Waals surface area contributed by atoms with Gasteiger partial charge in [-0.25, -0.2) is 0 Å². The van der Waals surface area contributed by atoms with Crippen LogP contribution in [-0.2, 0) is 9.53 Å². The van der Waals surface area contributed by atoms with Gasteiger partial charge in [0.25, 0.3) is 0 Å². The Morgan fingerprint density at radius 2 is 1.93 bits per heavy atom. The van der Waals surface area contributed by atoms with Gasteiger partial charge >= 0.3 is 265 Å². The van der Waals surface area contributed by atoms with Crippen molar-refractivity contribution in [2.75, 3.05) is 7.11 Å². The number of carbonyl (C=O) groups excluding carboxylic acids is 2. The van der Waals surface area contributed by atoms with Crippen molar-refractivity contribution >= 4 is 82.5 Å². The summed E-state index contributed by atoms with van der Waals surface area (Å²) in [6.07, 6.45) is 10.5. The van der Waals surface area contributed by atoms with Crippen molar-refractivity contribution in [3.63, 3.8) is 0 Å². The van der Waals surface area contributed by atoms with Gasteiger partial charge in [-0.3, -0.25) is 0 Å². The molecule has 0 spiro atoms. The summed E-state index contributed by atoms with van der Waals surface area (Å²) in [5.74, 6) is -0.105. The Morgan fingerprint density at radius 1 is 1.16 bits per heavy atom. The van der Waals surface area contributed by atoms with E-state index in [-0.39, 0.29) is 23.6 Å². The van der Waals surface area contributed by atoms with Crippen LogP contribution in [0.25, 0.3) is 29.9 Å². The molecule has 5 aliphatic rings. The summed E-state index contributed by atoms with van der Waals surface area (Å²) >= 11 is -3.56. The molecule has 7 rings (SSSR count). The minimum atomic E-state index is -3.56. The van der Waals surface area contributed by atoms with Crippen LogP contribution in [0.4, 0.5) is 0 Å². The van der Waals surface area contributed by atoms with Gasteiger partial charge in [-0.2, -0.15) is 0 Å². The molecule has 43 heavy (non-hydrogen) atoms. The zero-order chi connectivity index (χ0) is 30.5. The Morgan fingerprint density at radius 3 is 2.63 bits per heavy atom. The van der Waals surface area contributed by atoms with Gasteiger partial charge in [-0.05, 0) is 0 Å². The third kappa shape index (κ3) is 3.94. The number of halogens is 1. The summed E-state index contributed by atoms with van der Waals surface area (Å²) in [4.78, 5) is 36.6. The van der Waals surface area contributed by atoms with Gasteiger partial charge in [-0.15, -0.1) is 0 Å². The van der Waals surface area contributed by atoms with Gasteiger partial charge in [0.1, 0.15) is 0 Å². The third-order valence-corrected chi connectivity index (χ3v) is 18.2. The van der Waals surface area contributed by atoms with E-state index in [2.05, 4.69) is 57.6 Å². The number of fused-ring (bicyclic) bond motifs is 2. The number of allylic oxidation sites excluding steroid dienone is 4. The second-order valence-electron chi connectivity index (χ2n) is 12.1. The number of nitrogens with zero attached hydrogens (tertiary/aromatic N) is 4. The number of aromatic nitrogens is 2. The normalized spacial score (nSPS) is 21.4.